The summed E-state index contributed by atoms with van der Waals surface area (Å²) in [4.78, 5) is 1.39. The molecule has 0 saturated carbocycles. The van der Waals surface area contributed by atoms with Crippen molar-refractivity contribution in [1.29, 1.82) is 0 Å². The molecule has 0 bridgehead atoms. The summed E-state index contributed by atoms with van der Waals surface area (Å²) in [6, 6.07) is 22.1. The fraction of sp³-hybridized carbons (Fsp3) is 0.100. The van der Waals surface area contributed by atoms with Gasteiger partial charge in [-0.15, -0.1) is 11.8 Å². The second-order valence-corrected chi connectivity index (χ2v) is 8.98. The maximum absolute atomic E-state index is 12.5. The average Bonchev–Trinajstić information content (AvgIpc) is 2.63. The Morgan fingerprint density at radius 3 is 2.31 bits per heavy atom. The first-order valence-electron chi connectivity index (χ1n) is 8.00. The van der Waals surface area contributed by atoms with E-state index in [-0.39, 0.29) is 4.90 Å². The lowest BCUT2D eigenvalue weighted by molar-refractivity contribution is 0.601. The maximum Gasteiger partial charge on any atom is 0.261 e. The molecule has 26 heavy (non-hydrogen) atoms. The van der Waals surface area contributed by atoms with E-state index in [2.05, 4.69) is 16.9 Å². The SMILES string of the molecule is Cc1cc(CSc2ccccc2)ccc1NS(=O)(=O)c1ccc(Cl)cc1. The van der Waals surface area contributed by atoms with Crippen molar-refractivity contribution in [2.75, 3.05) is 4.72 Å². The van der Waals surface area contributed by atoms with Crippen LogP contribution in [-0.2, 0) is 15.8 Å². The summed E-state index contributed by atoms with van der Waals surface area (Å²) in [5, 5.41) is 0.500. The second kappa shape index (κ2) is 8.16. The monoisotopic (exact) mass is 403 g/mol. The summed E-state index contributed by atoms with van der Waals surface area (Å²) in [7, 11) is -3.63. The number of aryl methyl sites for hydroxylation is 1. The van der Waals surface area contributed by atoms with Gasteiger partial charge < -0.3 is 0 Å². The number of halogens is 1. The Morgan fingerprint density at radius 1 is 0.962 bits per heavy atom. The molecule has 0 aliphatic carbocycles. The molecule has 0 unspecified atom stereocenters. The third-order valence-corrected chi connectivity index (χ3v) is 6.52. The van der Waals surface area contributed by atoms with E-state index in [1.807, 2.05) is 43.3 Å². The van der Waals surface area contributed by atoms with Crippen molar-refractivity contribution in [2.45, 2.75) is 22.5 Å². The molecule has 6 heteroatoms. The van der Waals surface area contributed by atoms with Crippen LogP contribution in [0.4, 0.5) is 5.69 Å². The molecule has 3 aromatic rings. The number of hydrogen-bond donors (Lipinski definition) is 1. The highest BCUT2D eigenvalue weighted by molar-refractivity contribution is 7.98. The van der Waals surface area contributed by atoms with Gasteiger partial charge in [0.2, 0.25) is 0 Å². The summed E-state index contributed by atoms with van der Waals surface area (Å²) in [5.74, 6) is 0.828. The zero-order valence-electron chi connectivity index (χ0n) is 14.1. The summed E-state index contributed by atoms with van der Waals surface area (Å²) in [5.41, 5.74) is 2.60. The van der Waals surface area contributed by atoms with Gasteiger partial charge in [-0.1, -0.05) is 41.9 Å². The van der Waals surface area contributed by atoms with Gasteiger partial charge in [-0.25, -0.2) is 8.42 Å². The van der Waals surface area contributed by atoms with Crippen LogP contribution in [0.1, 0.15) is 11.1 Å². The van der Waals surface area contributed by atoms with Gasteiger partial charge in [0.1, 0.15) is 0 Å². The Hall–Kier alpha value is -1.95. The molecule has 3 aromatic carbocycles. The maximum atomic E-state index is 12.5. The Morgan fingerprint density at radius 2 is 1.65 bits per heavy atom. The molecule has 0 aliphatic rings. The van der Waals surface area contributed by atoms with Gasteiger partial charge in [-0.05, 0) is 60.5 Å². The Labute approximate surface area is 163 Å². The molecule has 0 atom stereocenters. The lowest BCUT2D eigenvalue weighted by Crippen LogP contribution is -2.13. The number of rotatable bonds is 6. The molecule has 0 heterocycles. The minimum atomic E-state index is -3.63. The van der Waals surface area contributed by atoms with Crippen LogP contribution in [0.3, 0.4) is 0 Å². The number of sulfonamides is 1. The Bertz CT molecular complexity index is 988. The number of thioether (sulfide) groups is 1. The molecular weight excluding hydrogens is 386 g/mol. The van der Waals surface area contributed by atoms with E-state index < -0.39 is 10.0 Å². The van der Waals surface area contributed by atoms with Gasteiger partial charge in [-0.2, -0.15) is 0 Å². The van der Waals surface area contributed by atoms with E-state index in [1.54, 1.807) is 23.9 Å². The smallest absolute Gasteiger partial charge is 0.261 e. The highest BCUT2D eigenvalue weighted by Gasteiger charge is 2.15. The van der Waals surface area contributed by atoms with Crippen molar-refractivity contribution in [3.8, 4) is 0 Å². The number of hydrogen-bond acceptors (Lipinski definition) is 3. The zero-order valence-corrected chi connectivity index (χ0v) is 16.5. The van der Waals surface area contributed by atoms with Gasteiger partial charge in [0.15, 0.2) is 0 Å². The van der Waals surface area contributed by atoms with Crippen LogP contribution in [0.2, 0.25) is 5.02 Å². The molecule has 1 N–H and O–H groups in total. The van der Waals surface area contributed by atoms with Crippen molar-refractivity contribution in [3.63, 3.8) is 0 Å². The lowest BCUT2D eigenvalue weighted by atomic mass is 10.1. The van der Waals surface area contributed by atoms with E-state index >= 15 is 0 Å². The van der Waals surface area contributed by atoms with Gasteiger partial charge >= 0.3 is 0 Å². The quantitative estimate of drug-likeness (QED) is 0.533. The van der Waals surface area contributed by atoms with E-state index in [1.165, 1.54) is 17.0 Å². The van der Waals surface area contributed by atoms with Crippen molar-refractivity contribution < 1.29 is 8.42 Å². The van der Waals surface area contributed by atoms with Crippen LogP contribution >= 0.6 is 23.4 Å². The first kappa shape index (κ1) is 18.8. The van der Waals surface area contributed by atoms with E-state index in [0.717, 1.165) is 16.9 Å². The average molecular weight is 404 g/mol. The van der Waals surface area contributed by atoms with Crippen molar-refractivity contribution in [3.05, 3.63) is 88.9 Å². The van der Waals surface area contributed by atoms with Crippen LogP contribution in [0.15, 0.2) is 82.6 Å². The fourth-order valence-electron chi connectivity index (χ4n) is 2.43. The molecular formula is C20H18ClNO2S2. The Balaban J connectivity index is 1.72. The molecule has 0 amide bonds. The molecule has 3 rings (SSSR count). The third kappa shape index (κ3) is 4.81. The summed E-state index contributed by atoms with van der Waals surface area (Å²) in [6.45, 7) is 1.90. The molecule has 0 fully saturated rings. The van der Waals surface area contributed by atoms with Gasteiger partial charge in [0, 0.05) is 15.7 Å². The summed E-state index contributed by atoms with van der Waals surface area (Å²) in [6.07, 6.45) is 0. The standard InChI is InChI=1S/C20H18ClNO2S2/c1-15-13-16(14-25-18-5-3-2-4-6-18)7-12-20(15)22-26(23,24)19-10-8-17(21)9-11-19/h2-13,22H,14H2,1H3. The highest BCUT2D eigenvalue weighted by atomic mass is 35.5. The van der Waals surface area contributed by atoms with Gasteiger partial charge in [0.25, 0.3) is 10.0 Å². The van der Waals surface area contributed by atoms with Crippen LogP contribution in [0, 0.1) is 6.92 Å². The first-order chi connectivity index (χ1) is 12.4. The lowest BCUT2D eigenvalue weighted by Gasteiger charge is -2.12. The number of benzene rings is 3. The van der Waals surface area contributed by atoms with E-state index in [9.17, 15) is 8.42 Å². The zero-order chi connectivity index (χ0) is 18.6. The minimum absolute atomic E-state index is 0.185. The molecule has 0 radical (unpaired) electrons. The minimum Gasteiger partial charge on any atom is -0.279 e. The van der Waals surface area contributed by atoms with Crippen molar-refractivity contribution in [1.82, 2.24) is 0 Å². The topological polar surface area (TPSA) is 46.2 Å². The van der Waals surface area contributed by atoms with Crippen LogP contribution in [0.25, 0.3) is 0 Å². The molecule has 134 valence electrons. The predicted molar refractivity (Wildman–Crippen MR) is 109 cm³/mol. The molecule has 0 aliphatic heterocycles. The molecule has 3 nitrogen and oxygen atoms in total. The van der Waals surface area contributed by atoms with Gasteiger partial charge in [0.05, 0.1) is 10.6 Å². The molecule has 0 spiro atoms. The van der Waals surface area contributed by atoms with Crippen molar-refractivity contribution in [2.24, 2.45) is 0 Å². The van der Waals surface area contributed by atoms with E-state index in [0.29, 0.717) is 10.7 Å². The summed E-state index contributed by atoms with van der Waals surface area (Å²) < 4.78 is 27.7. The number of anilines is 1. The normalized spacial score (nSPS) is 11.3. The predicted octanol–water partition coefficient (Wildman–Crippen LogP) is 5.74. The third-order valence-electron chi connectivity index (χ3n) is 3.81. The van der Waals surface area contributed by atoms with E-state index in [4.69, 9.17) is 11.6 Å². The van der Waals surface area contributed by atoms with Crippen LogP contribution in [0.5, 0.6) is 0 Å². The molecule has 0 aromatic heterocycles. The van der Waals surface area contributed by atoms with Crippen LogP contribution in [-0.4, -0.2) is 8.42 Å². The van der Waals surface area contributed by atoms with Crippen molar-refractivity contribution >= 4 is 39.1 Å². The largest absolute Gasteiger partial charge is 0.279 e. The Kier molecular flexibility index (Phi) is 5.91. The second-order valence-electron chi connectivity index (χ2n) is 5.81. The van der Waals surface area contributed by atoms with Crippen LogP contribution < -0.4 is 4.72 Å². The fourth-order valence-corrected chi connectivity index (χ4v) is 4.55. The van der Waals surface area contributed by atoms with Gasteiger partial charge in [-0.3, -0.25) is 4.72 Å². The molecule has 0 saturated heterocycles. The summed E-state index contributed by atoms with van der Waals surface area (Å²) >= 11 is 7.57. The first-order valence-corrected chi connectivity index (χ1v) is 10.8. The number of nitrogens with one attached hydrogen (secondary N) is 1. The highest BCUT2D eigenvalue weighted by Crippen LogP contribution is 2.26.